The van der Waals surface area contributed by atoms with E-state index >= 15 is 0 Å². The number of rotatable bonds is 5. The molecule has 0 radical (unpaired) electrons. The first-order valence-electron chi connectivity index (χ1n) is 6.55. The summed E-state index contributed by atoms with van der Waals surface area (Å²) in [7, 11) is 0. The monoisotopic (exact) mass is 269 g/mol. The van der Waals surface area contributed by atoms with Gasteiger partial charge in [0.2, 0.25) is 0 Å². The summed E-state index contributed by atoms with van der Waals surface area (Å²) < 4.78 is 39.2. The zero-order chi connectivity index (χ0) is 14.0. The van der Waals surface area contributed by atoms with Gasteiger partial charge in [-0.25, -0.2) is 13.2 Å². The molecule has 0 saturated heterocycles. The highest BCUT2D eigenvalue weighted by molar-refractivity contribution is 5.54. The molecule has 0 spiro atoms. The Morgan fingerprint density at radius 3 is 2.32 bits per heavy atom. The van der Waals surface area contributed by atoms with Gasteiger partial charge in [-0.3, -0.25) is 0 Å². The van der Waals surface area contributed by atoms with Crippen LogP contribution in [-0.4, -0.2) is 12.6 Å². The highest BCUT2D eigenvalue weighted by Crippen LogP contribution is 2.22. The second-order valence-electron chi connectivity index (χ2n) is 5.33. The summed E-state index contributed by atoms with van der Waals surface area (Å²) in [5.74, 6) is -3.45. The van der Waals surface area contributed by atoms with E-state index in [-0.39, 0.29) is 5.92 Å². The average molecular weight is 269 g/mol. The predicted molar refractivity (Wildman–Crippen MR) is 70.2 cm³/mol. The van der Waals surface area contributed by atoms with E-state index in [0.717, 1.165) is 17.7 Å². The molecule has 4 heteroatoms. The van der Waals surface area contributed by atoms with Gasteiger partial charge in [0.1, 0.15) is 0 Å². The second kappa shape index (κ2) is 5.78. The van der Waals surface area contributed by atoms with E-state index in [4.69, 9.17) is 0 Å². The third-order valence-corrected chi connectivity index (χ3v) is 3.27. The number of nitrogens with one attached hydrogen (secondary N) is 1. The van der Waals surface area contributed by atoms with E-state index in [1.54, 1.807) is 6.08 Å². The molecule has 19 heavy (non-hydrogen) atoms. The van der Waals surface area contributed by atoms with Gasteiger partial charge >= 0.3 is 0 Å². The molecular formula is C15H18F3N. The maximum Gasteiger partial charge on any atom is 0.194 e. The molecule has 0 bridgehead atoms. The molecule has 0 amide bonds. The number of benzene rings is 1. The van der Waals surface area contributed by atoms with Crippen LogP contribution in [0.2, 0.25) is 0 Å². The molecule has 0 aliphatic heterocycles. The molecule has 1 nitrogen and oxygen atoms in total. The molecular weight excluding hydrogens is 251 g/mol. The Morgan fingerprint density at radius 2 is 1.84 bits per heavy atom. The van der Waals surface area contributed by atoms with Crippen molar-refractivity contribution in [3.05, 3.63) is 40.7 Å². The lowest BCUT2D eigenvalue weighted by molar-refractivity contribution is 0.447. The summed E-state index contributed by atoms with van der Waals surface area (Å²) >= 11 is 0. The largest absolute Gasteiger partial charge is 0.310 e. The molecule has 1 aliphatic carbocycles. The second-order valence-corrected chi connectivity index (χ2v) is 5.33. The maximum atomic E-state index is 13.2. The molecule has 1 N–H and O–H groups in total. The number of halogens is 3. The minimum absolute atomic E-state index is 0.266. The van der Waals surface area contributed by atoms with E-state index < -0.39 is 17.5 Å². The number of hydrogen-bond donors (Lipinski definition) is 1. The van der Waals surface area contributed by atoms with Crippen molar-refractivity contribution < 1.29 is 13.2 Å². The first-order valence-corrected chi connectivity index (χ1v) is 6.55. The van der Waals surface area contributed by atoms with Crippen LogP contribution in [0, 0.1) is 23.4 Å². The van der Waals surface area contributed by atoms with Crippen molar-refractivity contribution in [1.29, 1.82) is 0 Å². The molecule has 0 atom stereocenters. The van der Waals surface area contributed by atoms with Crippen LogP contribution in [0.3, 0.4) is 0 Å². The minimum atomic E-state index is -1.42. The van der Waals surface area contributed by atoms with Crippen molar-refractivity contribution >= 4 is 6.08 Å². The van der Waals surface area contributed by atoms with E-state index in [0.29, 0.717) is 18.2 Å². The summed E-state index contributed by atoms with van der Waals surface area (Å²) in [6, 6.07) is 2.62. The molecule has 0 aromatic heterocycles. The summed E-state index contributed by atoms with van der Waals surface area (Å²) in [5, 5.41) is 3.37. The Hall–Kier alpha value is -1.29. The molecule has 0 heterocycles. The molecule has 2 rings (SSSR count). The standard InChI is InChI=1S/C15H18F3N/c1-9(2)11(8-19-12-3-4-12)5-10-6-13(16)15(18)14(17)7-10/h5-7,9,12,19H,3-4,8H2,1-2H3. The van der Waals surface area contributed by atoms with Crippen LogP contribution in [0.4, 0.5) is 13.2 Å². The van der Waals surface area contributed by atoms with E-state index in [9.17, 15) is 13.2 Å². The van der Waals surface area contributed by atoms with Crippen molar-refractivity contribution in [3.8, 4) is 0 Å². The lowest BCUT2D eigenvalue weighted by atomic mass is 10.00. The zero-order valence-corrected chi connectivity index (χ0v) is 11.1. The first-order chi connectivity index (χ1) is 8.97. The Balaban J connectivity index is 2.19. The highest BCUT2D eigenvalue weighted by Gasteiger charge is 2.21. The summed E-state index contributed by atoms with van der Waals surface area (Å²) in [5.41, 5.74) is 1.41. The van der Waals surface area contributed by atoms with Gasteiger partial charge in [0, 0.05) is 12.6 Å². The Kier molecular flexibility index (Phi) is 4.30. The summed E-state index contributed by atoms with van der Waals surface area (Å²) in [6.45, 7) is 4.75. The van der Waals surface area contributed by atoms with Crippen LogP contribution in [0.5, 0.6) is 0 Å². The van der Waals surface area contributed by atoms with Gasteiger partial charge in [-0.15, -0.1) is 0 Å². The SMILES string of the molecule is CC(C)C(=Cc1cc(F)c(F)c(F)c1)CNC1CC1. The van der Waals surface area contributed by atoms with Crippen molar-refractivity contribution in [1.82, 2.24) is 5.32 Å². The predicted octanol–water partition coefficient (Wildman–Crippen LogP) is 3.90. The fourth-order valence-electron chi connectivity index (χ4n) is 1.84. The first kappa shape index (κ1) is 14.1. The summed E-state index contributed by atoms with van der Waals surface area (Å²) in [4.78, 5) is 0. The van der Waals surface area contributed by atoms with Gasteiger partial charge in [-0.2, -0.15) is 0 Å². The molecule has 1 aliphatic rings. The molecule has 1 saturated carbocycles. The molecule has 1 fully saturated rings. The van der Waals surface area contributed by atoms with Crippen LogP contribution >= 0.6 is 0 Å². The average Bonchev–Trinajstić information content (AvgIpc) is 3.14. The molecule has 104 valence electrons. The zero-order valence-electron chi connectivity index (χ0n) is 11.1. The van der Waals surface area contributed by atoms with Gasteiger partial charge in [-0.05, 0) is 36.5 Å². The van der Waals surface area contributed by atoms with Crippen molar-refractivity contribution in [2.45, 2.75) is 32.7 Å². The van der Waals surface area contributed by atoms with Crippen LogP contribution in [0.15, 0.2) is 17.7 Å². The lowest BCUT2D eigenvalue weighted by Crippen LogP contribution is -2.21. The van der Waals surface area contributed by atoms with Crippen LogP contribution in [0.25, 0.3) is 6.08 Å². The Labute approximate surface area is 111 Å². The van der Waals surface area contributed by atoms with Gasteiger partial charge in [0.15, 0.2) is 17.5 Å². The lowest BCUT2D eigenvalue weighted by Gasteiger charge is -2.13. The van der Waals surface area contributed by atoms with Crippen LogP contribution < -0.4 is 5.32 Å². The third-order valence-electron chi connectivity index (χ3n) is 3.27. The highest BCUT2D eigenvalue weighted by atomic mass is 19.2. The van der Waals surface area contributed by atoms with Crippen LogP contribution in [0.1, 0.15) is 32.3 Å². The normalized spacial score (nSPS) is 16.2. The fourth-order valence-corrected chi connectivity index (χ4v) is 1.84. The van der Waals surface area contributed by atoms with Crippen molar-refractivity contribution in [2.24, 2.45) is 5.92 Å². The minimum Gasteiger partial charge on any atom is -0.310 e. The summed E-state index contributed by atoms with van der Waals surface area (Å²) in [6.07, 6.45) is 4.10. The maximum absolute atomic E-state index is 13.2. The molecule has 1 aromatic carbocycles. The molecule has 0 unspecified atom stereocenters. The quantitative estimate of drug-likeness (QED) is 0.799. The van der Waals surface area contributed by atoms with Gasteiger partial charge < -0.3 is 5.32 Å². The number of hydrogen-bond acceptors (Lipinski definition) is 1. The van der Waals surface area contributed by atoms with Gasteiger partial charge in [0.05, 0.1) is 0 Å². The van der Waals surface area contributed by atoms with Crippen molar-refractivity contribution in [2.75, 3.05) is 6.54 Å². The van der Waals surface area contributed by atoms with E-state index in [2.05, 4.69) is 5.32 Å². The topological polar surface area (TPSA) is 12.0 Å². The van der Waals surface area contributed by atoms with Gasteiger partial charge in [0.25, 0.3) is 0 Å². The van der Waals surface area contributed by atoms with E-state index in [1.165, 1.54) is 12.8 Å². The third kappa shape index (κ3) is 3.83. The Morgan fingerprint density at radius 1 is 1.26 bits per heavy atom. The van der Waals surface area contributed by atoms with Gasteiger partial charge in [-0.1, -0.05) is 25.5 Å². The molecule has 1 aromatic rings. The van der Waals surface area contributed by atoms with Crippen LogP contribution in [-0.2, 0) is 0 Å². The van der Waals surface area contributed by atoms with Crippen molar-refractivity contribution in [3.63, 3.8) is 0 Å². The fraction of sp³-hybridized carbons (Fsp3) is 0.467. The smallest absolute Gasteiger partial charge is 0.194 e. The Bertz CT molecular complexity index is 467. The van der Waals surface area contributed by atoms with E-state index in [1.807, 2.05) is 13.8 Å².